The lowest BCUT2D eigenvalue weighted by Gasteiger charge is -2.25. The lowest BCUT2D eigenvalue weighted by Crippen LogP contribution is -2.31. The molecule has 2 aromatic heterocycles. The number of benzene rings is 1. The summed E-state index contributed by atoms with van der Waals surface area (Å²) in [5, 5.41) is 0.684. The molecule has 7 nitrogen and oxygen atoms in total. The van der Waals surface area contributed by atoms with Crippen LogP contribution in [0.25, 0.3) is 16.6 Å². The van der Waals surface area contributed by atoms with Gasteiger partial charge in [0.05, 0.1) is 17.2 Å². The van der Waals surface area contributed by atoms with Crippen molar-refractivity contribution in [2.24, 2.45) is 5.92 Å². The Hall–Kier alpha value is -2.65. The van der Waals surface area contributed by atoms with Gasteiger partial charge in [-0.1, -0.05) is 31.5 Å². The van der Waals surface area contributed by atoms with Gasteiger partial charge in [-0.25, -0.2) is 22.2 Å². The SMILES string of the molecule is Cc1ccc(S(=O)(=O)n2c(C3=CN(C(=O)OCC(C)C)CCC3)cc3c(Br)ccnc32)cc1. The minimum absolute atomic E-state index is 0.179. The minimum atomic E-state index is -3.94. The Morgan fingerprint density at radius 3 is 2.64 bits per heavy atom. The fraction of sp³-hybridized carbons (Fsp3) is 0.333. The van der Waals surface area contributed by atoms with E-state index in [-0.39, 0.29) is 10.8 Å². The van der Waals surface area contributed by atoms with Gasteiger partial charge in [-0.2, -0.15) is 0 Å². The van der Waals surface area contributed by atoms with Crippen molar-refractivity contribution < 1.29 is 17.9 Å². The summed E-state index contributed by atoms with van der Waals surface area (Å²) in [6.07, 6.45) is 4.18. The molecular weight excluding hydrogens is 506 g/mol. The summed E-state index contributed by atoms with van der Waals surface area (Å²) in [4.78, 5) is 18.6. The molecule has 1 aromatic carbocycles. The first-order valence-corrected chi connectivity index (χ1v) is 13.0. The van der Waals surface area contributed by atoms with Crippen LogP contribution >= 0.6 is 15.9 Å². The molecule has 0 spiro atoms. The highest BCUT2D eigenvalue weighted by Crippen LogP contribution is 2.35. The molecule has 1 amide bonds. The van der Waals surface area contributed by atoms with Crippen LogP contribution in [0.2, 0.25) is 0 Å². The Morgan fingerprint density at radius 1 is 1.21 bits per heavy atom. The number of carbonyl (C=O) groups is 1. The number of carbonyl (C=O) groups excluding carboxylic acids is 1. The van der Waals surface area contributed by atoms with Crippen LogP contribution in [0.15, 0.2) is 58.2 Å². The molecule has 0 atom stereocenters. The number of rotatable bonds is 5. The molecule has 174 valence electrons. The van der Waals surface area contributed by atoms with Crippen LogP contribution in [0.1, 0.15) is 37.9 Å². The second-order valence-corrected chi connectivity index (χ2v) is 11.2. The number of hydrogen-bond acceptors (Lipinski definition) is 5. The van der Waals surface area contributed by atoms with Gasteiger partial charge >= 0.3 is 6.09 Å². The molecule has 3 aromatic rings. The fourth-order valence-corrected chi connectivity index (χ4v) is 5.65. The van der Waals surface area contributed by atoms with Crippen molar-refractivity contribution in [1.82, 2.24) is 13.9 Å². The molecule has 33 heavy (non-hydrogen) atoms. The van der Waals surface area contributed by atoms with E-state index in [0.717, 1.165) is 15.6 Å². The molecular formula is C24H26BrN3O4S. The first-order chi connectivity index (χ1) is 15.7. The summed E-state index contributed by atoms with van der Waals surface area (Å²) in [6, 6.07) is 10.3. The third-order valence-electron chi connectivity index (χ3n) is 5.43. The monoisotopic (exact) mass is 531 g/mol. The van der Waals surface area contributed by atoms with Crippen molar-refractivity contribution in [3.63, 3.8) is 0 Å². The molecule has 0 unspecified atom stereocenters. The van der Waals surface area contributed by atoms with Crippen molar-refractivity contribution in [2.45, 2.75) is 38.5 Å². The largest absolute Gasteiger partial charge is 0.449 e. The summed E-state index contributed by atoms with van der Waals surface area (Å²) < 4.78 is 34.9. The van der Waals surface area contributed by atoms with Gasteiger partial charge in [-0.3, -0.25) is 4.90 Å². The van der Waals surface area contributed by atoms with Crippen LogP contribution in [0.3, 0.4) is 0 Å². The van der Waals surface area contributed by atoms with Gasteiger partial charge in [0.1, 0.15) is 0 Å². The Balaban J connectivity index is 1.85. The minimum Gasteiger partial charge on any atom is -0.449 e. The van der Waals surface area contributed by atoms with Crippen molar-refractivity contribution >= 4 is 48.7 Å². The Bertz CT molecular complexity index is 1330. The summed E-state index contributed by atoms with van der Waals surface area (Å²) >= 11 is 3.52. The van der Waals surface area contributed by atoms with E-state index in [1.807, 2.05) is 26.8 Å². The molecule has 1 aliphatic rings. The molecule has 0 saturated carbocycles. The molecule has 0 N–H and O–H groups in total. The van der Waals surface area contributed by atoms with Gasteiger partial charge in [-0.05, 0) is 71.5 Å². The van der Waals surface area contributed by atoms with E-state index in [4.69, 9.17) is 4.74 Å². The quantitative estimate of drug-likeness (QED) is 0.429. The number of hydrogen-bond donors (Lipinski definition) is 0. The highest BCUT2D eigenvalue weighted by Gasteiger charge is 2.28. The van der Waals surface area contributed by atoms with E-state index >= 15 is 0 Å². The van der Waals surface area contributed by atoms with Crippen LogP contribution in [0.4, 0.5) is 4.79 Å². The molecule has 0 saturated heterocycles. The van der Waals surface area contributed by atoms with Crippen LogP contribution in [0, 0.1) is 12.8 Å². The molecule has 9 heteroatoms. The molecule has 1 aliphatic heterocycles. The first kappa shape index (κ1) is 23.5. The molecule has 0 radical (unpaired) electrons. The van der Waals surface area contributed by atoms with Gasteiger partial charge in [0.2, 0.25) is 0 Å². The molecule has 3 heterocycles. The van der Waals surface area contributed by atoms with Gasteiger partial charge in [0.15, 0.2) is 5.65 Å². The van der Waals surface area contributed by atoms with E-state index < -0.39 is 16.1 Å². The van der Waals surface area contributed by atoms with Crippen molar-refractivity contribution in [1.29, 1.82) is 0 Å². The highest BCUT2D eigenvalue weighted by atomic mass is 79.9. The first-order valence-electron chi connectivity index (χ1n) is 10.8. The van der Waals surface area contributed by atoms with Gasteiger partial charge < -0.3 is 4.74 Å². The highest BCUT2D eigenvalue weighted by molar-refractivity contribution is 9.10. The lowest BCUT2D eigenvalue weighted by molar-refractivity contribution is 0.104. The zero-order valence-corrected chi connectivity index (χ0v) is 21.2. The number of pyridine rings is 1. The average molecular weight is 532 g/mol. The van der Waals surface area contributed by atoms with Crippen molar-refractivity contribution in [3.05, 3.63) is 64.5 Å². The zero-order valence-electron chi connectivity index (χ0n) is 18.8. The molecule has 0 aliphatic carbocycles. The number of ether oxygens (including phenoxy) is 1. The van der Waals surface area contributed by atoms with Gasteiger partial charge in [0.25, 0.3) is 10.0 Å². The molecule has 4 rings (SSSR count). The number of allylic oxidation sites excluding steroid dienone is 1. The molecule has 0 fully saturated rings. The van der Waals surface area contributed by atoms with Crippen LogP contribution < -0.4 is 0 Å². The Labute approximate surface area is 202 Å². The third-order valence-corrected chi connectivity index (χ3v) is 7.84. The van der Waals surface area contributed by atoms with E-state index in [0.29, 0.717) is 42.7 Å². The summed E-state index contributed by atoms with van der Waals surface area (Å²) in [7, 11) is -3.94. The topological polar surface area (TPSA) is 81.5 Å². The van der Waals surface area contributed by atoms with Gasteiger partial charge in [-0.15, -0.1) is 0 Å². The standard InChI is InChI=1S/C24H26BrN3O4S/c1-16(2)15-32-24(29)27-12-4-5-18(14-27)22-13-20-21(25)10-11-26-23(20)28(22)33(30,31)19-8-6-17(3)7-9-19/h6-11,13-14,16H,4-5,12,15H2,1-3H3. The normalized spacial score (nSPS) is 14.6. The second-order valence-electron chi connectivity index (χ2n) is 8.56. The summed E-state index contributed by atoms with van der Waals surface area (Å²) in [6.45, 7) is 6.71. The van der Waals surface area contributed by atoms with E-state index in [1.165, 1.54) is 8.87 Å². The predicted octanol–water partition coefficient (Wildman–Crippen LogP) is 5.57. The number of halogens is 1. The number of fused-ring (bicyclic) bond motifs is 1. The fourth-order valence-electron chi connectivity index (χ4n) is 3.74. The van der Waals surface area contributed by atoms with Gasteiger partial charge in [0, 0.05) is 28.8 Å². The maximum absolute atomic E-state index is 13.8. The maximum atomic E-state index is 13.8. The number of amides is 1. The molecule has 0 bridgehead atoms. The van der Waals surface area contributed by atoms with Crippen molar-refractivity contribution in [2.75, 3.05) is 13.2 Å². The smallest absolute Gasteiger partial charge is 0.413 e. The average Bonchev–Trinajstić information content (AvgIpc) is 3.20. The van der Waals surface area contributed by atoms with E-state index in [1.54, 1.807) is 42.7 Å². The van der Waals surface area contributed by atoms with Crippen molar-refractivity contribution in [3.8, 4) is 0 Å². The third kappa shape index (κ3) is 4.70. The van der Waals surface area contributed by atoms with Crippen LogP contribution in [0.5, 0.6) is 0 Å². The maximum Gasteiger partial charge on any atom is 0.413 e. The van der Waals surface area contributed by atoms with Crippen LogP contribution in [-0.2, 0) is 14.8 Å². The zero-order chi connectivity index (χ0) is 23.8. The van der Waals surface area contributed by atoms with E-state index in [9.17, 15) is 13.2 Å². The number of aromatic nitrogens is 2. The Morgan fingerprint density at radius 2 is 1.94 bits per heavy atom. The number of aryl methyl sites for hydroxylation is 1. The predicted molar refractivity (Wildman–Crippen MR) is 131 cm³/mol. The second kappa shape index (κ2) is 9.30. The Kier molecular flexibility index (Phi) is 6.63. The lowest BCUT2D eigenvalue weighted by atomic mass is 10.0. The summed E-state index contributed by atoms with van der Waals surface area (Å²) in [5.41, 5.74) is 2.54. The number of nitrogens with zero attached hydrogens (tertiary/aromatic N) is 3. The summed E-state index contributed by atoms with van der Waals surface area (Å²) in [5.74, 6) is 0.229. The van der Waals surface area contributed by atoms with E-state index in [2.05, 4.69) is 20.9 Å². The van der Waals surface area contributed by atoms with Crippen LogP contribution in [-0.4, -0.2) is 41.5 Å².